The van der Waals surface area contributed by atoms with Gasteiger partial charge >= 0.3 is 0 Å². The summed E-state index contributed by atoms with van der Waals surface area (Å²) in [5.74, 6) is 0.0472. The van der Waals surface area contributed by atoms with Crippen LogP contribution in [0.2, 0.25) is 0 Å². The first-order chi connectivity index (χ1) is 8.68. The lowest BCUT2D eigenvalue weighted by atomic mass is 10.2. The zero-order chi connectivity index (χ0) is 13.0. The van der Waals surface area contributed by atoms with Crippen molar-refractivity contribution in [3.8, 4) is 0 Å². The molecular weight excluding hydrogens is 228 g/mol. The van der Waals surface area contributed by atoms with Crippen molar-refractivity contribution in [1.82, 2.24) is 9.96 Å². The Hall–Kier alpha value is -1.39. The van der Waals surface area contributed by atoms with Crippen molar-refractivity contribution >= 4 is 5.91 Å². The predicted octanol–water partition coefficient (Wildman–Crippen LogP) is 1.67. The van der Waals surface area contributed by atoms with Gasteiger partial charge in [-0.1, -0.05) is 30.3 Å². The Bertz CT molecular complexity index is 394. The second-order valence-electron chi connectivity index (χ2n) is 4.73. The SMILES string of the molecule is CN(OCc1ccccc1)C(=O)C1CCCN1C. The molecule has 1 aliphatic heterocycles. The Morgan fingerprint density at radius 3 is 2.78 bits per heavy atom. The summed E-state index contributed by atoms with van der Waals surface area (Å²) in [6.07, 6.45) is 2.01. The van der Waals surface area contributed by atoms with E-state index in [9.17, 15) is 4.79 Å². The van der Waals surface area contributed by atoms with Crippen LogP contribution in [0, 0.1) is 0 Å². The summed E-state index contributed by atoms with van der Waals surface area (Å²) >= 11 is 0. The van der Waals surface area contributed by atoms with E-state index in [4.69, 9.17) is 4.84 Å². The third-order valence-electron chi connectivity index (χ3n) is 3.38. The van der Waals surface area contributed by atoms with Crippen LogP contribution < -0.4 is 0 Å². The molecular formula is C14H20N2O2. The molecule has 1 fully saturated rings. The monoisotopic (exact) mass is 248 g/mol. The molecule has 0 aromatic heterocycles. The van der Waals surface area contributed by atoms with Gasteiger partial charge in [-0.05, 0) is 32.0 Å². The number of hydroxylamine groups is 2. The van der Waals surface area contributed by atoms with Crippen molar-refractivity contribution in [1.29, 1.82) is 0 Å². The van der Waals surface area contributed by atoms with Crippen LogP contribution in [0.1, 0.15) is 18.4 Å². The molecule has 0 radical (unpaired) electrons. The molecule has 18 heavy (non-hydrogen) atoms. The highest BCUT2D eigenvalue weighted by atomic mass is 16.7. The van der Waals surface area contributed by atoms with Gasteiger partial charge in [-0.15, -0.1) is 0 Å². The number of hydrogen-bond donors (Lipinski definition) is 0. The van der Waals surface area contributed by atoms with E-state index in [-0.39, 0.29) is 11.9 Å². The van der Waals surface area contributed by atoms with E-state index in [1.165, 1.54) is 5.06 Å². The standard InChI is InChI=1S/C14H20N2O2/c1-15-10-6-9-13(15)14(17)16(2)18-11-12-7-4-3-5-8-12/h3-5,7-8,13H,6,9-11H2,1-2H3. The molecule has 1 amide bonds. The van der Waals surface area contributed by atoms with Gasteiger partial charge in [0, 0.05) is 7.05 Å². The van der Waals surface area contributed by atoms with Gasteiger partial charge in [0.1, 0.15) is 6.61 Å². The first kappa shape index (κ1) is 13.1. The number of likely N-dealkylation sites (tertiary alicyclic amines) is 1. The highest BCUT2D eigenvalue weighted by Gasteiger charge is 2.30. The Morgan fingerprint density at radius 1 is 1.44 bits per heavy atom. The average Bonchev–Trinajstić information content (AvgIpc) is 2.82. The van der Waals surface area contributed by atoms with Crippen molar-refractivity contribution in [3.63, 3.8) is 0 Å². The summed E-state index contributed by atoms with van der Waals surface area (Å²) in [6.45, 7) is 1.42. The molecule has 0 spiro atoms. The number of carbonyl (C=O) groups excluding carboxylic acids is 1. The van der Waals surface area contributed by atoms with Gasteiger partial charge in [-0.2, -0.15) is 0 Å². The molecule has 1 aliphatic rings. The number of nitrogens with zero attached hydrogens (tertiary/aromatic N) is 2. The topological polar surface area (TPSA) is 32.8 Å². The van der Waals surface area contributed by atoms with Gasteiger partial charge in [-0.3, -0.25) is 14.5 Å². The van der Waals surface area contributed by atoms with Gasteiger partial charge in [-0.25, -0.2) is 5.06 Å². The van der Waals surface area contributed by atoms with Crippen LogP contribution in [-0.2, 0) is 16.2 Å². The van der Waals surface area contributed by atoms with Crippen LogP contribution in [0.4, 0.5) is 0 Å². The molecule has 4 heteroatoms. The first-order valence-electron chi connectivity index (χ1n) is 6.33. The highest BCUT2D eigenvalue weighted by Crippen LogP contribution is 2.17. The van der Waals surface area contributed by atoms with Crippen LogP contribution in [0.15, 0.2) is 30.3 Å². The molecule has 1 aromatic carbocycles. The van der Waals surface area contributed by atoms with E-state index in [1.807, 2.05) is 37.4 Å². The minimum Gasteiger partial charge on any atom is -0.295 e. The van der Waals surface area contributed by atoms with Gasteiger partial charge in [0.15, 0.2) is 0 Å². The van der Waals surface area contributed by atoms with Gasteiger partial charge in [0.05, 0.1) is 6.04 Å². The number of hydrogen-bond acceptors (Lipinski definition) is 3. The number of benzene rings is 1. The van der Waals surface area contributed by atoms with Crippen molar-refractivity contribution in [3.05, 3.63) is 35.9 Å². The Morgan fingerprint density at radius 2 is 2.17 bits per heavy atom. The minimum atomic E-state index is -0.0224. The Balaban J connectivity index is 1.84. The Kier molecular flexibility index (Phi) is 4.33. The highest BCUT2D eigenvalue weighted by molar-refractivity contribution is 5.80. The van der Waals surface area contributed by atoms with Crippen LogP contribution in [0.25, 0.3) is 0 Å². The van der Waals surface area contributed by atoms with Crippen LogP contribution in [0.5, 0.6) is 0 Å². The van der Waals surface area contributed by atoms with Crippen LogP contribution in [0.3, 0.4) is 0 Å². The fourth-order valence-electron chi connectivity index (χ4n) is 2.24. The summed E-state index contributed by atoms with van der Waals surface area (Å²) in [5.41, 5.74) is 1.07. The van der Waals surface area contributed by atoms with Gasteiger partial charge < -0.3 is 0 Å². The average molecular weight is 248 g/mol. The molecule has 0 bridgehead atoms. The molecule has 0 N–H and O–H groups in total. The lowest BCUT2D eigenvalue weighted by molar-refractivity contribution is -0.186. The van der Waals surface area contributed by atoms with E-state index in [1.54, 1.807) is 7.05 Å². The lowest BCUT2D eigenvalue weighted by Crippen LogP contribution is -2.42. The Labute approximate surface area is 108 Å². The first-order valence-corrected chi connectivity index (χ1v) is 6.33. The summed E-state index contributed by atoms with van der Waals surface area (Å²) in [4.78, 5) is 19.7. The third-order valence-corrected chi connectivity index (χ3v) is 3.38. The molecule has 0 aliphatic carbocycles. The molecule has 2 rings (SSSR count). The van der Waals surface area contributed by atoms with Crippen molar-refractivity contribution < 1.29 is 9.63 Å². The van der Waals surface area contributed by atoms with Crippen molar-refractivity contribution in [2.45, 2.75) is 25.5 Å². The molecule has 1 aromatic rings. The summed E-state index contributed by atoms with van der Waals surface area (Å²) in [5, 5.41) is 1.37. The largest absolute Gasteiger partial charge is 0.295 e. The smallest absolute Gasteiger partial charge is 0.263 e. The molecule has 98 valence electrons. The van der Waals surface area contributed by atoms with Crippen molar-refractivity contribution in [2.24, 2.45) is 0 Å². The van der Waals surface area contributed by atoms with Gasteiger partial charge in [0.2, 0.25) is 0 Å². The van der Waals surface area contributed by atoms with E-state index in [0.29, 0.717) is 6.61 Å². The number of rotatable bonds is 4. The number of carbonyl (C=O) groups is 1. The predicted molar refractivity (Wildman–Crippen MR) is 69.7 cm³/mol. The molecule has 1 unspecified atom stereocenters. The fourth-order valence-corrected chi connectivity index (χ4v) is 2.24. The van der Waals surface area contributed by atoms with E-state index < -0.39 is 0 Å². The maximum atomic E-state index is 12.1. The van der Waals surface area contributed by atoms with Crippen LogP contribution in [-0.4, -0.2) is 42.6 Å². The third kappa shape index (κ3) is 3.09. The fraction of sp³-hybridized carbons (Fsp3) is 0.500. The van der Waals surface area contributed by atoms with Crippen molar-refractivity contribution in [2.75, 3.05) is 20.6 Å². The maximum absolute atomic E-state index is 12.1. The maximum Gasteiger partial charge on any atom is 0.263 e. The summed E-state index contributed by atoms with van der Waals surface area (Å²) in [7, 11) is 3.68. The van der Waals surface area contributed by atoms with E-state index in [2.05, 4.69) is 4.90 Å². The second-order valence-corrected chi connectivity index (χ2v) is 4.73. The van der Waals surface area contributed by atoms with E-state index in [0.717, 1.165) is 24.9 Å². The second kappa shape index (κ2) is 5.98. The number of amides is 1. The van der Waals surface area contributed by atoms with Gasteiger partial charge in [0.25, 0.3) is 5.91 Å². The summed E-state index contributed by atoms with van der Waals surface area (Å²) in [6, 6.07) is 9.84. The van der Waals surface area contributed by atoms with E-state index >= 15 is 0 Å². The molecule has 1 atom stereocenters. The lowest BCUT2D eigenvalue weighted by Gasteiger charge is -2.24. The molecule has 1 saturated heterocycles. The quantitative estimate of drug-likeness (QED) is 0.760. The normalized spacial score (nSPS) is 20.0. The zero-order valence-corrected chi connectivity index (χ0v) is 11.0. The molecule has 0 saturated carbocycles. The minimum absolute atomic E-state index is 0.0224. The summed E-state index contributed by atoms with van der Waals surface area (Å²) < 4.78 is 0. The molecule has 1 heterocycles. The molecule has 4 nitrogen and oxygen atoms in total. The zero-order valence-electron chi connectivity index (χ0n) is 11.0. The number of likely N-dealkylation sites (N-methyl/N-ethyl adjacent to an activating group) is 2. The van der Waals surface area contributed by atoms with Crippen LogP contribution >= 0.6 is 0 Å².